The zero-order valence-electron chi connectivity index (χ0n) is 81.7. The summed E-state index contributed by atoms with van der Waals surface area (Å²) >= 11 is 0. The van der Waals surface area contributed by atoms with Gasteiger partial charge in [-0.1, -0.05) is 72.8 Å². The molecule has 4 aliphatic heterocycles. The molecule has 8 atom stereocenters. The second-order valence-corrected chi connectivity index (χ2v) is 39.3. The summed E-state index contributed by atoms with van der Waals surface area (Å²) in [6, 6.07) is 23.7. The largest absolute Gasteiger partial charge is 0.478 e. The van der Waals surface area contributed by atoms with E-state index >= 15 is 35.1 Å². The van der Waals surface area contributed by atoms with Gasteiger partial charge in [-0.25, -0.2) is 90.6 Å². The number of alkyl halides is 12. The molecule has 12 aromatic rings. The van der Waals surface area contributed by atoms with Gasteiger partial charge in [-0.05, 0) is 271 Å². The third-order valence-electron chi connectivity index (χ3n) is 25.3. The molecule has 0 aliphatic carbocycles. The molecule has 784 valence electrons. The average molecular weight is 2080 g/mol. The fourth-order valence-electron chi connectivity index (χ4n) is 19.3. The van der Waals surface area contributed by atoms with Gasteiger partial charge in [0.25, 0.3) is 0 Å². The Hall–Kier alpha value is -14.1. The second kappa shape index (κ2) is 45.3. The Kier molecular flexibility index (Phi) is 34.0. The van der Waals surface area contributed by atoms with Crippen molar-refractivity contribution in [2.24, 2.45) is 0 Å². The van der Waals surface area contributed by atoms with Crippen molar-refractivity contribution in [1.82, 2.24) is 58.7 Å². The summed E-state index contributed by atoms with van der Waals surface area (Å²) in [5, 5.41) is 50.0. The molecule has 40 heteroatoms. The van der Waals surface area contributed by atoms with Gasteiger partial charge in [0, 0.05) is 144 Å². The van der Waals surface area contributed by atoms with Crippen molar-refractivity contribution in [2.45, 2.75) is 206 Å². The lowest BCUT2D eigenvalue weighted by Gasteiger charge is -2.44. The number of carboxylic acid groups (broad SMARTS) is 4. The molecule has 16 rings (SSSR count). The van der Waals surface area contributed by atoms with Crippen molar-refractivity contribution in [3.63, 3.8) is 0 Å². The van der Waals surface area contributed by atoms with Crippen molar-refractivity contribution in [3.8, 4) is 44.5 Å². The monoisotopic (exact) mass is 2080 g/mol. The van der Waals surface area contributed by atoms with Crippen LogP contribution in [-0.2, 0) is 44.9 Å². The second-order valence-electron chi connectivity index (χ2n) is 39.3. The van der Waals surface area contributed by atoms with Gasteiger partial charge in [0.2, 0.25) is 0 Å². The Labute approximate surface area is 837 Å². The number of rotatable bonds is 28. The zero-order valence-corrected chi connectivity index (χ0v) is 81.7. The van der Waals surface area contributed by atoms with Crippen LogP contribution in [0.2, 0.25) is 0 Å². The average Bonchev–Trinajstić information content (AvgIpc) is 0.994. The van der Waals surface area contributed by atoms with Gasteiger partial charge >= 0.3 is 50.1 Å². The first-order chi connectivity index (χ1) is 69.3. The molecule has 2 unspecified atom stereocenters. The molecule has 0 fully saturated rings. The zero-order chi connectivity index (χ0) is 108. The van der Waals surface area contributed by atoms with Crippen LogP contribution >= 0.6 is 0 Å². The van der Waals surface area contributed by atoms with Crippen molar-refractivity contribution in [3.05, 3.63) is 331 Å². The van der Waals surface area contributed by atoms with Gasteiger partial charge < -0.3 is 20.4 Å². The summed E-state index contributed by atoms with van der Waals surface area (Å²) in [5.74, 6) is -12.2. The van der Waals surface area contributed by atoms with Gasteiger partial charge in [-0.15, -0.1) is 0 Å². The summed E-state index contributed by atoms with van der Waals surface area (Å²) < 4.78 is 289. The van der Waals surface area contributed by atoms with E-state index in [1.807, 2.05) is 27.7 Å². The lowest BCUT2D eigenvalue weighted by molar-refractivity contribution is -0.132. The molecule has 4 aliphatic rings. The van der Waals surface area contributed by atoms with E-state index in [2.05, 4.69) is 20.4 Å². The third kappa shape index (κ3) is 26.9. The Morgan fingerprint density at radius 2 is 0.466 bits per heavy atom. The molecule has 0 amide bonds. The molecule has 20 nitrogen and oxygen atoms in total. The van der Waals surface area contributed by atoms with Gasteiger partial charge in [-0.2, -0.15) is 55.5 Å². The van der Waals surface area contributed by atoms with Crippen LogP contribution < -0.4 is 0 Å². The third-order valence-corrected chi connectivity index (χ3v) is 25.3. The quantitative estimate of drug-likeness (QED) is 0.0264. The molecule has 8 aromatic carbocycles. The molecule has 0 bridgehead atoms. The molecule has 4 N–H and O–H groups in total. The van der Waals surface area contributed by atoms with Crippen molar-refractivity contribution in [1.29, 1.82) is 0 Å². The van der Waals surface area contributed by atoms with Crippen molar-refractivity contribution < 1.29 is 127 Å². The summed E-state index contributed by atoms with van der Waals surface area (Å²) in [4.78, 5) is 50.1. The summed E-state index contributed by atoms with van der Waals surface area (Å²) in [7, 11) is 0. The highest BCUT2D eigenvalue weighted by Crippen LogP contribution is 2.50. The van der Waals surface area contributed by atoms with E-state index in [1.54, 1.807) is 92.4 Å². The number of aliphatic carboxylic acids is 4. The van der Waals surface area contributed by atoms with Gasteiger partial charge in [0.1, 0.15) is 69.2 Å². The minimum atomic E-state index is -2.78. The Morgan fingerprint density at radius 1 is 0.297 bits per heavy atom. The standard InChI is InChI=1S/4C27H26F5N3O2/c4*1-15-8-18-11-17(19-12-33-35(13-19)26(30)31)5-6-20(18)25(34(15)14-27(2,3)32)24-21(28)9-16(10-22(24)29)4-7-23(36)37/h4*4-7,9-13,15,25-26H,8,14H2,1-3H3,(H,36,37)/b4*7-4+/t3*15-,25+;/m110./s1. The maximum atomic E-state index is 15.4. The van der Waals surface area contributed by atoms with E-state index in [-0.39, 0.29) is 94.9 Å². The number of carbonyl (C=O) groups is 4. The van der Waals surface area contributed by atoms with Crippen LogP contribution in [0, 0.1) is 46.5 Å². The van der Waals surface area contributed by atoms with Crippen LogP contribution in [0.1, 0.15) is 222 Å². The summed E-state index contributed by atoms with van der Waals surface area (Å²) in [5.41, 5.74) is 2.00. The SMILES string of the molecule is CC1Cc2cc(-c3cnn(C(F)F)c3)ccc2C(c2c(F)cc(/C=C/C(=O)O)cc2F)N1CC(C)(C)F.C[C@@H]1Cc2cc(-c3cnn(C(F)F)c3)ccc2[C@@H](c2c(F)cc(/C=C/C(=O)O)cc2F)N1CC(C)(C)F.C[C@@H]1Cc2cc(-c3cnn(C(F)F)c3)ccc2[C@@H](c2c(F)cc(/C=C/C(=O)O)cc2F)N1CC(C)(C)F.C[C@H]1Cc2cc(-c3cnn(C(F)F)c3)ccc2[C@H](c2c(F)cc(/C=C/C(=O)O)cc2F)N1CC(C)(C)F. The van der Waals surface area contributed by atoms with Crippen molar-refractivity contribution in [2.75, 3.05) is 26.2 Å². The predicted octanol–water partition coefficient (Wildman–Crippen LogP) is 25.6. The van der Waals surface area contributed by atoms with Gasteiger partial charge in [0.15, 0.2) is 0 Å². The molecular formula is C108H104F20N12O8. The van der Waals surface area contributed by atoms with Crippen LogP contribution in [0.25, 0.3) is 68.8 Å². The Morgan fingerprint density at radius 3 is 0.608 bits per heavy atom. The highest BCUT2D eigenvalue weighted by atomic mass is 19.3. The lowest BCUT2D eigenvalue weighted by atomic mass is 9.82. The van der Waals surface area contributed by atoms with Gasteiger partial charge in [-0.3, -0.25) is 19.6 Å². The maximum Gasteiger partial charge on any atom is 0.333 e. The highest BCUT2D eigenvalue weighted by molar-refractivity contribution is 5.87. The van der Waals surface area contributed by atoms with E-state index in [0.717, 1.165) is 119 Å². The minimum Gasteiger partial charge on any atom is -0.478 e. The summed E-state index contributed by atoms with van der Waals surface area (Å²) in [6.45, 7) is 6.95. The smallest absolute Gasteiger partial charge is 0.333 e. The number of hydrogen-bond acceptors (Lipinski definition) is 12. The first-order valence-corrected chi connectivity index (χ1v) is 46.6. The Balaban J connectivity index is 0.000000165. The molecule has 0 radical (unpaired) electrons. The van der Waals surface area contributed by atoms with Crippen LogP contribution in [-0.4, -0.2) is 176 Å². The molecule has 0 saturated heterocycles. The van der Waals surface area contributed by atoms with E-state index in [4.69, 9.17) is 20.4 Å². The normalized spacial score (nSPS) is 18.5. The van der Waals surface area contributed by atoms with E-state index in [9.17, 15) is 71.9 Å². The molecule has 0 spiro atoms. The first-order valence-electron chi connectivity index (χ1n) is 46.6. The highest BCUT2D eigenvalue weighted by Gasteiger charge is 2.46. The van der Waals surface area contributed by atoms with Crippen molar-refractivity contribution >= 4 is 48.2 Å². The van der Waals surface area contributed by atoms with E-state index in [0.29, 0.717) is 111 Å². The summed E-state index contributed by atoms with van der Waals surface area (Å²) in [6.07, 6.45) is 19.4. The Bertz CT molecular complexity index is 6110. The topological polar surface area (TPSA) is 233 Å². The number of nitrogens with zero attached hydrogens (tertiary/aromatic N) is 12. The van der Waals surface area contributed by atoms with E-state index < -0.39 is 143 Å². The number of carboxylic acids is 4. The number of benzene rings is 8. The van der Waals surface area contributed by atoms with E-state index in [1.165, 1.54) is 105 Å². The first kappa shape index (κ1) is 111. The number of hydrogen-bond donors (Lipinski definition) is 4. The molecule has 0 saturated carbocycles. The van der Waals surface area contributed by atoms with Crippen LogP contribution in [0.5, 0.6) is 0 Å². The molecular weight excluding hydrogens is 1970 g/mol. The van der Waals surface area contributed by atoms with Crippen LogP contribution in [0.15, 0.2) is 195 Å². The van der Waals surface area contributed by atoms with Crippen LogP contribution in [0.4, 0.5) is 87.8 Å². The fourth-order valence-corrected chi connectivity index (χ4v) is 19.3. The van der Waals surface area contributed by atoms with Crippen LogP contribution in [0.3, 0.4) is 0 Å². The molecule has 4 aromatic heterocycles. The molecule has 148 heavy (non-hydrogen) atoms. The fraction of sp³-hybridized carbons (Fsp3) is 0.333. The predicted molar refractivity (Wildman–Crippen MR) is 515 cm³/mol. The number of aromatic nitrogens is 8. The lowest BCUT2D eigenvalue weighted by Crippen LogP contribution is -2.48. The van der Waals surface area contributed by atoms with Gasteiger partial charge in [0.05, 0.1) is 49.0 Å². The number of fused-ring (bicyclic) bond motifs is 4. The minimum absolute atomic E-state index is 0.0361. The number of halogens is 20. The molecule has 8 heterocycles. The maximum absolute atomic E-state index is 15.4.